The lowest BCUT2D eigenvalue weighted by atomic mass is 9.91. The molecule has 1 aromatic heterocycles. The van der Waals surface area contributed by atoms with Crippen LogP contribution >= 0.6 is 11.3 Å². The Labute approximate surface area is 180 Å². The molecule has 0 unspecified atom stereocenters. The van der Waals surface area contributed by atoms with Gasteiger partial charge in [0.2, 0.25) is 0 Å². The second-order valence-electron chi connectivity index (χ2n) is 6.88. The highest BCUT2D eigenvalue weighted by molar-refractivity contribution is 7.07. The van der Waals surface area contributed by atoms with E-state index in [0.717, 1.165) is 5.69 Å². The first-order chi connectivity index (χ1) is 14.8. The first-order valence-electron chi connectivity index (χ1n) is 9.77. The highest BCUT2D eigenvalue weighted by Crippen LogP contribution is 2.24. The fourth-order valence-electron chi connectivity index (χ4n) is 3.29. The topological polar surface area (TPSA) is 51.2 Å². The summed E-state index contributed by atoms with van der Waals surface area (Å²) in [6.07, 6.45) is 0. The Morgan fingerprint density at radius 1 is 0.933 bits per heavy atom. The van der Waals surface area contributed by atoms with E-state index in [1.165, 1.54) is 22.5 Å². The average molecular weight is 415 g/mol. The minimum atomic E-state index is -0.119. The van der Waals surface area contributed by atoms with E-state index in [9.17, 15) is 4.79 Å². The van der Waals surface area contributed by atoms with Gasteiger partial charge in [-0.15, -0.1) is 11.3 Å². The molecule has 1 amide bonds. The third-order valence-electron chi connectivity index (χ3n) is 4.84. The number of ether oxygens (including phenoxy) is 1. The number of rotatable bonds is 8. The van der Waals surface area contributed by atoms with Crippen LogP contribution in [0.25, 0.3) is 0 Å². The third kappa shape index (κ3) is 5.13. The number of benzene rings is 3. The predicted molar refractivity (Wildman–Crippen MR) is 120 cm³/mol. The zero-order valence-electron chi connectivity index (χ0n) is 16.4. The molecule has 0 atom stereocenters. The molecule has 4 aromatic rings. The number of hydrogen-bond acceptors (Lipinski definition) is 4. The number of nitrogens with one attached hydrogen (secondary N) is 1. The number of carbonyl (C=O) groups excluding carboxylic acids is 1. The molecule has 1 heterocycles. The van der Waals surface area contributed by atoms with Crippen LogP contribution in [0.1, 0.15) is 33.1 Å². The summed E-state index contributed by atoms with van der Waals surface area (Å²) in [5.41, 5.74) is 5.57. The van der Waals surface area contributed by atoms with Crippen molar-refractivity contribution in [2.24, 2.45) is 0 Å². The van der Waals surface area contributed by atoms with E-state index in [-0.39, 0.29) is 11.8 Å². The Morgan fingerprint density at radius 2 is 1.63 bits per heavy atom. The number of nitrogens with zero attached hydrogens (tertiary/aromatic N) is 1. The lowest BCUT2D eigenvalue weighted by Gasteiger charge is -2.19. The van der Waals surface area contributed by atoms with Gasteiger partial charge in [-0.2, -0.15) is 0 Å². The van der Waals surface area contributed by atoms with Crippen molar-refractivity contribution in [3.8, 4) is 5.75 Å². The van der Waals surface area contributed by atoms with Gasteiger partial charge in [0, 0.05) is 23.4 Å². The summed E-state index contributed by atoms with van der Waals surface area (Å²) in [5, 5.41) is 5.04. The van der Waals surface area contributed by atoms with Crippen LogP contribution in [-0.2, 0) is 6.61 Å². The van der Waals surface area contributed by atoms with Gasteiger partial charge in [0.15, 0.2) is 0 Å². The molecule has 30 heavy (non-hydrogen) atoms. The van der Waals surface area contributed by atoms with Gasteiger partial charge in [0.1, 0.15) is 12.4 Å². The summed E-state index contributed by atoms with van der Waals surface area (Å²) in [5.74, 6) is 0.615. The van der Waals surface area contributed by atoms with E-state index in [0.29, 0.717) is 24.5 Å². The molecule has 0 aliphatic carbocycles. The quantitative estimate of drug-likeness (QED) is 0.427. The summed E-state index contributed by atoms with van der Waals surface area (Å²) in [4.78, 5) is 17.0. The molecule has 0 bridgehead atoms. The molecule has 0 spiro atoms. The molecule has 0 saturated carbocycles. The van der Waals surface area contributed by atoms with Crippen LogP contribution in [0.15, 0.2) is 95.8 Å². The number of carbonyl (C=O) groups is 1. The maximum atomic E-state index is 12.8. The van der Waals surface area contributed by atoms with E-state index < -0.39 is 0 Å². The van der Waals surface area contributed by atoms with Crippen LogP contribution < -0.4 is 10.1 Å². The van der Waals surface area contributed by atoms with E-state index in [1.807, 2.05) is 53.9 Å². The smallest absolute Gasteiger partial charge is 0.251 e. The Bertz CT molecular complexity index is 1030. The fourth-order valence-corrected chi connectivity index (χ4v) is 3.83. The molecule has 150 valence electrons. The lowest BCUT2D eigenvalue weighted by Crippen LogP contribution is -2.29. The lowest BCUT2D eigenvalue weighted by molar-refractivity contribution is 0.0952. The molecule has 4 nitrogen and oxygen atoms in total. The zero-order chi connectivity index (χ0) is 20.6. The second kappa shape index (κ2) is 9.85. The van der Waals surface area contributed by atoms with Gasteiger partial charge in [0.25, 0.3) is 5.91 Å². The van der Waals surface area contributed by atoms with E-state index in [4.69, 9.17) is 4.74 Å². The van der Waals surface area contributed by atoms with E-state index in [1.54, 1.807) is 17.6 Å². The molecule has 1 N–H and O–H groups in total. The van der Waals surface area contributed by atoms with Crippen molar-refractivity contribution >= 4 is 17.2 Å². The van der Waals surface area contributed by atoms with Crippen molar-refractivity contribution in [1.82, 2.24) is 10.3 Å². The standard InChI is InChI=1S/C25H22N2O2S/c28-25(21-12-7-13-23(14-21)29-16-22-17-30-18-27-22)26-15-24(19-8-3-1-4-9-19)20-10-5-2-6-11-20/h1-14,17-18,24H,15-16H2,(H,26,28). The van der Waals surface area contributed by atoms with Crippen LogP contribution in [0.5, 0.6) is 5.75 Å². The number of thiazole rings is 1. The van der Waals surface area contributed by atoms with Crippen molar-refractivity contribution in [1.29, 1.82) is 0 Å². The monoisotopic (exact) mass is 414 g/mol. The summed E-state index contributed by atoms with van der Waals surface area (Å²) in [6.45, 7) is 0.898. The van der Waals surface area contributed by atoms with Gasteiger partial charge in [-0.1, -0.05) is 66.7 Å². The second-order valence-corrected chi connectivity index (χ2v) is 7.60. The molecule has 0 radical (unpaired) electrons. The van der Waals surface area contributed by atoms with E-state index >= 15 is 0 Å². The SMILES string of the molecule is O=C(NCC(c1ccccc1)c1ccccc1)c1cccc(OCc2cscn2)c1. The Hall–Kier alpha value is -3.44. The Balaban J connectivity index is 1.44. The highest BCUT2D eigenvalue weighted by Gasteiger charge is 2.16. The summed E-state index contributed by atoms with van der Waals surface area (Å²) in [6, 6.07) is 27.7. The van der Waals surface area contributed by atoms with Crippen LogP contribution in [0.3, 0.4) is 0 Å². The van der Waals surface area contributed by atoms with Gasteiger partial charge in [-0.25, -0.2) is 4.98 Å². The third-order valence-corrected chi connectivity index (χ3v) is 5.47. The van der Waals surface area contributed by atoms with Crippen molar-refractivity contribution < 1.29 is 9.53 Å². The van der Waals surface area contributed by atoms with Crippen LogP contribution in [0.4, 0.5) is 0 Å². The Kier molecular flexibility index (Phi) is 6.52. The Morgan fingerprint density at radius 3 is 2.27 bits per heavy atom. The van der Waals surface area contributed by atoms with Crippen molar-refractivity contribution in [3.05, 3.63) is 118 Å². The largest absolute Gasteiger partial charge is 0.487 e. The maximum Gasteiger partial charge on any atom is 0.251 e. The van der Waals surface area contributed by atoms with Crippen LogP contribution in [0.2, 0.25) is 0 Å². The molecular formula is C25H22N2O2S. The van der Waals surface area contributed by atoms with Crippen molar-refractivity contribution in [3.63, 3.8) is 0 Å². The van der Waals surface area contributed by atoms with Gasteiger partial charge in [-0.05, 0) is 29.3 Å². The first kappa shape index (κ1) is 19.9. The molecular weight excluding hydrogens is 392 g/mol. The minimum Gasteiger partial charge on any atom is -0.487 e. The number of aromatic nitrogens is 1. The van der Waals surface area contributed by atoms with Gasteiger partial charge < -0.3 is 10.1 Å². The first-order valence-corrected chi connectivity index (χ1v) is 10.7. The zero-order valence-corrected chi connectivity index (χ0v) is 17.2. The van der Waals surface area contributed by atoms with Gasteiger partial charge >= 0.3 is 0 Å². The van der Waals surface area contributed by atoms with E-state index in [2.05, 4.69) is 34.6 Å². The van der Waals surface area contributed by atoms with Crippen molar-refractivity contribution in [2.75, 3.05) is 6.54 Å². The predicted octanol–water partition coefficient (Wildman–Crippen LogP) is 5.28. The van der Waals surface area contributed by atoms with Crippen molar-refractivity contribution in [2.45, 2.75) is 12.5 Å². The summed E-state index contributed by atoms with van der Waals surface area (Å²) < 4.78 is 5.77. The van der Waals surface area contributed by atoms with Gasteiger partial charge in [-0.3, -0.25) is 4.79 Å². The molecule has 0 fully saturated rings. The summed E-state index contributed by atoms with van der Waals surface area (Å²) in [7, 11) is 0. The minimum absolute atomic E-state index is 0.0837. The molecule has 0 aliphatic heterocycles. The maximum absolute atomic E-state index is 12.8. The number of hydrogen-bond donors (Lipinski definition) is 1. The molecule has 4 rings (SSSR count). The van der Waals surface area contributed by atoms with Crippen LogP contribution in [-0.4, -0.2) is 17.4 Å². The summed E-state index contributed by atoms with van der Waals surface area (Å²) >= 11 is 1.53. The highest BCUT2D eigenvalue weighted by atomic mass is 32.1. The molecule has 5 heteroatoms. The fraction of sp³-hybridized carbons (Fsp3) is 0.120. The average Bonchev–Trinajstić information content (AvgIpc) is 3.33. The van der Waals surface area contributed by atoms with Gasteiger partial charge in [0.05, 0.1) is 11.2 Å². The molecule has 0 aliphatic rings. The van der Waals surface area contributed by atoms with Crippen LogP contribution in [0, 0.1) is 0 Å². The number of amides is 1. The normalized spacial score (nSPS) is 10.7. The molecule has 3 aromatic carbocycles. The molecule has 0 saturated heterocycles.